The zero-order chi connectivity index (χ0) is 17.0. The molecule has 24 heavy (non-hydrogen) atoms. The molecule has 1 N–H and O–H groups in total. The van der Waals surface area contributed by atoms with Crippen molar-refractivity contribution in [3.05, 3.63) is 60.2 Å². The lowest BCUT2D eigenvalue weighted by molar-refractivity contribution is -0.137. The molecule has 3 aromatic rings. The maximum absolute atomic E-state index is 12.7. The van der Waals surface area contributed by atoms with Gasteiger partial charge in [0.1, 0.15) is 0 Å². The van der Waals surface area contributed by atoms with Crippen molar-refractivity contribution in [2.75, 3.05) is 11.9 Å². The van der Waals surface area contributed by atoms with Gasteiger partial charge in [0.15, 0.2) is 5.82 Å². The first-order valence-corrected chi connectivity index (χ1v) is 7.16. The molecule has 8 heteroatoms. The molecule has 2 aromatic heterocycles. The summed E-state index contributed by atoms with van der Waals surface area (Å²) < 4.78 is 43.1. The minimum absolute atomic E-state index is 0.0170. The van der Waals surface area contributed by atoms with E-state index in [9.17, 15) is 13.2 Å². The monoisotopic (exact) mass is 334 g/mol. The predicted octanol–water partition coefficient (Wildman–Crippen LogP) is 3.81. The Morgan fingerprint density at radius 3 is 2.62 bits per heavy atom. The fourth-order valence-corrected chi connectivity index (χ4v) is 2.06. The van der Waals surface area contributed by atoms with Crippen molar-refractivity contribution in [3.63, 3.8) is 0 Å². The summed E-state index contributed by atoms with van der Waals surface area (Å²) in [5.74, 6) is 0.425. The number of aromatic nitrogens is 3. The number of hydrogen-bond donors (Lipinski definition) is 1. The summed E-state index contributed by atoms with van der Waals surface area (Å²) in [6, 6.07) is 10.5. The van der Waals surface area contributed by atoms with Gasteiger partial charge in [-0.05, 0) is 18.2 Å². The number of nitrogens with zero attached hydrogens (tertiary/aromatic N) is 3. The Labute approximate surface area is 135 Å². The highest BCUT2D eigenvalue weighted by molar-refractivity contribution is 5.52. The van der Waals surface area contributed by atoms with Crippen molar-refractivity contribution in [2.45, 2.75) is 12.6 Å². The van der Waals surface area contributed by atoms with Crippen molar-refractivity contribution >= 4 is 5.69 Å². The fourth-order valence-electron chi connectivity index (χ4n) is 2.06. The Balaban J connectivity index is 1.65. The van der Waals surface area contributed by atoms with E-state index in [-0.39, 0.29) is 11.5 Å². The van der Waals surface area contributed by atoms with E-state index in [0.29, 0.717) is 18.8 Å². The van der Waals surface area contributed by atoms with E-state index in [1.165, 1.54) is 6.20 Å². The van der Waals surface area contributed by atoms with Gasteiger partial charge in [0.2, 0.25) is 0 Å². The molecule has 0 amide bonds. The van der Waals surface area contributed by atoms with Gasteiger partial charge in [0.25, 0.3) is 5.89 Å². The van der Waals surface area contributed by atoms with Crippen molar-refractivity contribution in [1.82, 2.24) is 15.1 Å². The van der Waals surface area contributed by atoms with Crippen LogP contribution in [0.15, 0.2) is 53.3 Å². The number of benzene rings is 1. The molecule has 0 unspecified atom stereocenters. The van der Waals surface area contributed by atoms with Gasteiger partial charge in [-0.1, -0.05) is 23.4 Å². The summed E-state index contributed by atoms with van der Waals surface area (Å²) in [7, 11) is 0. The van der Waals surface area contributed by atoms with E-state index in [0.717, 1.165) is 18.0 Å². The third-order valence-corrected chi connectivity index (χ3v) is 3.23. The summed E-state index contributed by atoms with van der Waals surface area (Å²) in [6.45, 7) is 0.573. The Kier molecular flexibility index (Phi) is 4.45. The maximum atomic E-state index is 12.7. The molecule has 0 spiro atoms. The number of nitrogens with one attached hydrogen (secondary N) is 1. The van der Waals surface area contributed by atoms with Crippen LogP contribution >= 0.6 is 0 Å². The third-order valence-electron chi connectivity index (χ3n) is 3.23. The van der Waals surface area contributed by atoms with Crippen LogP contribution in [0.5, 0.6) is 0 Å². The summed E-state index contributed by atoms with van der Waals surface area (Å²) in [5, 5.41) is 6.97. The molecule has 0 aliphatic rings. The second-order valence-corrected chi connectivity index (χ2v) is 5.02. The minimum atomic E-state index is -4.47. The van der Waals surface area contributed by atoms with E-state index >= 15 is 0 Å². The maximum Gasteiger partial charge on any atom is 0.417 e. The van der Waals surface area contributed by atoms with Crippen LogP contribution in [0.4, 0.5) is 18.9 Å². The molecule has 3 rings (SSSR count). The Morgan fingerprint density at radius 2 is 1.88 bits per heavy atom. The van der Waals surface area contributed by atoms with Crippen molar-refractivity contribution in [2.24, 2.45) is 0 Å². The molecular weight excluding hydrogens is 321 g/mol. The average molecular weight is 334 g/mol. The number of halogens is 3. The molecular formula is C16H13F3N4O. The molecule has 0 saturated heterocycles. The summed E-state index contributed by atoms with van der Waals surface area (Å²) >= 11 is 0. The summed E-state index contributed by atoms with van der Waals surface area (Å²) in [4.78, 5) is 7.69. The SMILES string of the molecule is FC(F)(F)c1cncc(-c2nc(CCNc3ccccc3)no2)c1. The Bertz CT molecular complexity index is 802. The first kappa shape index (κ1) is 16.0. The zero-order valence-electron chi connectivity index (χ0n) is 12.4. The molecule has 0 bridgehead atoms. The van der Waals surface area contributed by atoms with Gasteiger partial charge in [-0.25, -0.2) is 0 Å². The van der Waals surface area contributed by atoms with E-state index in [2.05, 4.69) is 20.4 Å². The predicted molar refractivity (Wildman–Crippen MR) is 81.2 cm³/mol. The molecule has 2 heterocycles. The van der Waals surface area contributed by atoms with Crippen LogP contribution in [0.25, 0.3) is 11.5 Å². The quantitative estimate of drug-likeness (QED) is 0.769. The molecule has 0 saturated carbocycles. The van der Waals surface area contributed by atoms with Crippen molar-refractivity contribution < 1.29 is 17.7 Å². The van der Waals surface area contributed by atoms with Crippen LogP contribution in [-0.2, 0) is 12.6 Å². The highest BCUT2D eigenvalue weighted by atomic mass is 19.4. The smallest absolute Gasteiger partial charge is 0.385 e. The van der Waals surface area contributed by atoms with Gasteiger partial charge in [-0.3, -0.25) is 4.98 Å². The summed E-state index contributed by atoms with van der Waals surface area (Å²) in [5.41, 5.74) is 0.244. The van der Waals surface area contributed by atoms with Gasteiger partial charge in [-0.2, -0.15) is 18.2 Å². The van der Waals surface area contributed by atoms with E-state index in [1.807, 2.05) is 30.3 Å². The van der Waals surface area contributed by atoms with Crippen LogP contribution < -0.4 is 5.32 Å². The number of anilines is 1. The minimum Gasteiger partial charge on any atom is -0.385 e. The largest absolute Gasteiger partial charge is 0.417 e. The molecule has 0 aliphatic heterocycles. The van der Waals surface area contributed by atoms with Crippen LogP contribution in [0.3, 0.4) is 0 Å². The summed E-state index contributed by atoms with van der Waals surface area (Å²) in [6.07, 6.45) is -1.98. The molecule has 124 valence electrons. The van der Waals surface area contributed by atoms with Gasteiger partial charge < -0.3 is 9.84 Å². The number of rotatable bonds is 5. The van der Waals surface area contributed by atoms with E-state index < -0.39 is 11.7 Å². The lowest BCUT2D eigenvalue weighted by Crippen LogP contribution is -2.06. The van der Waals surface area contributed by atoms with Crippen LogP contribution in [0.2, 0.25) is 0 Å². The second-order valence-electron chi connectivity index (χ2n) is 5.02. The highest BCUT2D eigenvalue weighted by Crippen LogP contribution is 2.30. The molecule has 0 radical (unpaired) electrons. The normalized spacial score (nSPS) is 11.5. The van der Waals surface area contributed by atoms with Crippen LogP contribution in [-0.4, -0.2) is 21.7 Å². The standard InChI is InChI=1S/C16H13F3N4O/c17-16(18,19)12-8-11(9-20-10-12)15-22-14(23-24-15)6-7-21-13-4-2-1-3-5-13/h1-5,8-10,21H,6-7H2. The van der Waals surface area contributed by atoms with Gasteiger partial charge in [0, 0.05) is 31.0 Å². The first-order valence-electron chi connectivity index (χ1n) is 7.16. The zero-order valence-corrected chi connectivity index (χ0v) is 12.4. The Morgan fingerprint density at radius 1 is 1.08 bits per heavy atom. The van der Waals surface area contributed by atoms with Gasteiger partial charge >= 0.3 is 6.18 Å². The third kappa shape index (κ3) is 3.89. The number of alkyl halides is 3. The topological polar surface area (TPSA) is 63.8 Å². The molecule has 5 nitrogen and oxygen atoms in total. The number of pyridine rings is 1. The molecule has 0 fully saturated rings. The fraction of sp³-hybridized carbons (Fsp3) is 0.188. The second kappa shape index (κ2) is 6.69. The molecule has 1 aromatic carbocycles. The van der Waals surface area contributed by atoms with Crippen molar-refractivity contribution in [1.29, 1.82) is 0 Å². The first-order chi connectivity index (χ1) is 11.5. The van der Waals surface area contributed by atoms with E-state index in [1.54, 1.807) is 0 Å². The van der Waals surface area contributed by atoms with Gasteiger partial charge in [-0.15, -0.1) is 0 Å². The Hall–Kier alpha value is -2.90. The lowest BCUT2D eigenvalue weighted by Gasteiger charge is -2.05. The highest BCUT2D eigenvalue weighted by Gasteiger charge is 2.31. The average Bonchev–Trinajstić information content (AvgIpc) is 3.04. The van der Waals surface area contributed by atoms with Crippen molar-refractivity contribution in [3.8, 4) is 11.5 Å². The number of para-hydroxylation sites is 1. The van der Waals surface area contributed by atoms with Crippen LogP contribution in [0.1, 0.15) is 11.4 Å². The van der Waals surface area contributed by atoms with E-state index in [4.69, 9.17) is 4.52 Å². The molecule has 0 atom stereocenters. The van der Waals surface area contributed by atoms with Gasteiger partial charge in [0.05, 0.1) is 11.1 Å². The number of hydrogen-bond acceptors (Lipinski definition) is 5. The lowest BCUT2D eigenvalue weighted by atomic mass is 10.2. The van der Waals surface area contributed by atoms with Crippen LogP contribution in [0, 0.1) is 0 Å². The molecule has 0 aliphatic carbocycles.